The highest BCUT2D eigenvalue weighted by Crippen LogP contribution is 2.34. The number of carbonyl (C=O) groups is 1. The lowest BCUT2D eigenvalue weighted by Crippen LogP contribution is -2.48. The van der Waals surface area contributed by atoms with Crippen LogP contribution in [-0.2, 0) is 14.8 Å². The maximum Gasteiger partial charge on any atom is 0.257 e. The molecule has 164 valence electrons. The van der Waals surface area contributed by atoms with E-state index in [1.807, 2.05) is 26.8 Å². The molecule has 7 nitrogen and oxygen atoms in total. The summed E-state index contributed by atoms with van der Waals surface area (Å²) in [5.41, 5.74) is 2.06. The molecule has 2 aromatic carbocycles. The summed E-state index contributed by atoms with van der Waals surface area (Å²) in [6, 6.07) is 9.59. The molecule has 4 rings (SSSR count). The second-order valence-electron chi connectivity index (χ2n) is 7.62. The van der Waals surface area contributed by atoms with Crippen LogP contribution in [0.1, 0.15) is 29.8 Å². The van der Waals surface area contributed by atoms with Crippen LogP contribution in [0.5, 0.6) is 0 Å². The summed E-state index contributed by atoms with van der Waals surface area (Å²) in [5, 5.41) is 3.79. The van der Waals surface area contributed by atoms with Gasteiger partial charge in [-0.3, -0.25) is 10.1 Å². The van der Waals surface area contributed by atoms with Crippen LogP contribution in [0.15, 0.2) is 41.3 Å². The van der Waals surface area contributed by atoms with Crippen molar-refractivity contribution >= 4 is 54.2 Å². The number of ether oxygens (including phenoxy) is 1. The van der Waals surface area contributed by atoms with Gasteiger partial charge in [0.25, 0.3) is 5.91 Å². The number of amides is 1. The zero-order valence-corrected chi connectivity index (χ0v) is 19.6. The third-order valence-electron chi connectivity index (χ3n) is 5.06. The number of rotatable bonds is 4. The molecule has 1 amide bonds. The summed E-state index contributed by atoms with van der Waals surface area (Å²) < 4.78 is 33.8. The molecule has 1 aliphatic rings. The van der Waals surface area contributed by atoms with E-state index in [1.54, 1.807) is 6.07 Å². The molecule has 0 spiro atoms. The first-order valence-electron chi connectivity index (χ1n) is 9.78. The van der Waals surface area contributed by atoms with E-state index in [0.29, 0.717) is 28.8 Å². The monoisotopic (exact) mass is 479 g/mol. The lowest BCUT2D eigenvalue weighted by Gasteiger charge is -2.34. The molecule has 0 aliphatic carbocycles. The highest BCUT2D eigenvalue weighted by molar-refractivity contribution is 7.89. The zero-order chi connectivity index (χ0) is 22.3. The summed E-state index contributed by atoms with van der Waals surface area (Å²) in [5.74, 6) is -0.370. The minimum Gasteiger partial charge on any atom is -0.373 e. The molecule has 1 aliphatic heterocycles. The number of aryl methyl sites for hydroxylation is 1. The molecule has 0 saturated carbocycles. The number of thiazole rings is 1. The Morgan fingerprint density at radius 1 is 1.16 bits per heavy atom. The van der Waals surface area contributed by atoms with Gasteiger partial charge < -0.3 is 4.74 Å². The number of carbonyl (C=O) groups excluding carboxylic acids is 1. The van der Waals surface area contributed by atoms with Gasteiger partial charge in [0.15, 0.2) is 5.13 Å². The van der Waals surface area contributed by atoms with Crippen LogP contribution < -0.4 is 5.32 Å². The van der Waals surface area contributed by atoms with Crippen LogP contribution in [0.25, 0.3) is 10.2 Å². The third kappa shape index (κ3) is 4.47. The van der Waals surface area contributed by atoms with Gasteiger partial charge in [-0.1, -0.05) is 29.0 Å². The fourth-order valence-electron chi connectivity index (χ4n) is 3.58. The first-order chi connectivity index (χ1) is 14.6. The van der Waals surface area contributed by atoms with Crippen molar-refractivity contribution in [3.8, 4) is 0 Å². The Bertz CT molecular complexity index is 1190. The summed E-state index contributed by atoms with van der Waals surface area (Å²) in [6.07, 6.45) is -0.343. The largest absolute Gasteiger partial charge is 0.373 e. The minimum absolute atomic E-state index is 0.146. The quantitative estimate of drug-likeness (QED) is 0.602. The molecule has 2 atom stereocenters. The Morgan fingerprint density at radius 3 is 2.42 bits per heavy atom. The summed E-state index contributed by atoms with van der Waals surface area (Å²) in [4.78, 5) is 17.3. The lowest BCUT2D eigenvalue weighted by atomic mass is 10.2. The van der Waals surface area contributed by atoms with Crippen LogP contribution in [0.3, 0.4) is 0 Å². The molecule has 2 heterocycles. The summed E-state index contributed by atoms with van der Waals surface area (Å²) >= 11 is 7.53. The Kier molecular flexibility index (Phi) is 6.06. The van der Waals surface area contributed by atoms with Crippen molar-refractivity contribution in [3.63, 3.8) is 0 Å². The molecule has 31 heavy (non-hydrogen) atoms. The number of fused-ring (bicyclic) bond motifs is 1. The van der Waals surface area contributed by atoms with E-state index in [9.17, 15) is 13.2 Å². The minimum atomic E-state index is -3.66. The van der Waals surface area contributed by atoms with Crippen molar-refractivity contribution in [1.29, 1.82) is 0 Å². The number of benzene rings is 2. The highest BCUT2D eigenvalue weighted by atomic mass is 35.5. The van der Waals surface area contributed by atoms with Gasteiger partial charge in [0.2, 0.25) is 10.0 Å². The molecule has 1 N–H and O–H groups in total. The van der Waals surface area contributed by atoms with E-state index in [-0.39, 0.29) is 23.0 Å². The van der Waals surface area contributed by atoms with Gasteiger partial charge in [0, 0.05) is 18.7 Å². The van der Waals surface area contributed by atoms with Crippen molar-refractivity contribution in [2.24, 2.45) is 0 Å². The van der Waals surface area contributed by atoms with Crippen molar-refractivity contribution in [3.05, 3.63) is 52.5 Å². The second kappa shape index (κ2) is 8.48. The fraction of sp³-hybridized carbons (Fsp3) is 0.333. The van der Waals surface area contributed by atoms with E-state index in [0.717, 1.165) is 15.8 Å². The Morgan fingerprint density at radius 2 is 1.81 bits per heavy atom. The van der Waals surface area contributed by atoms with Gasteiger partial charge in [-0.25, -0.2) is 13.4 Å². The molecular weight excluding hydrogens is 458 g/mol. The van der Waals surface area contributed by atoms with Crippen LogP contribution in [0, 0.1) is 6.92 Å². The Balaban J connectivity index is 1.52. The van der Waals surface area contributed by atoms with E-state index in [1.165, 1.54) is 39.9 Å². The smallest absolute Gasteiger partial charge is 0.257 e. The van der Waals surface area contributed by atoms with E-state index in [2.05, 4.69) is 10.3 Å². The number of morpholine rings is 1. The van der Waals surface area contributed by atoms with Gasteiger partial charge in [0.05, 0.1) is 32.3 Å². The SMILES string of the molecule is Cc1ccc(Cl)c2sc(NC(=O)c3ccc(S(=O)(=O)N4C[C@@H](C)O[C@@H](C)C4)cc3)nc12. The molecular formula is C21H22ClN3O4S2. The normalized spacial score (nSPS) is 20.1. The van der Waals surface area contributed by atoms with Gasteiger partial charge in [0.1, 0.15) is 0 Å². The molecule has 3 aromatic rings. The number of nitrogens with zero attached hydrogens (tertiary/aromatic N) is 2. The van der Waals surface area contributed by atoms with Crippen molar-refractivity contribution in [1.82, 2.24) is 9.29 Å². The molecule has 1 fully saturated rings. The number of sulfonamides is 1. The molecule has 1 aromatic heterocycles. The number of nitrogens with one attached hydrogen (secondary N) is 1. The highest BCUT2D eigenvalue weighted by Gasteiger charge is 2.32. The van der Waals surface area contributed by atoms with Gasteiger partial charge in [-0.15, -0.1) is 0 Å². The van der Waals surface area contributed by atoms with Crippen LogP contribution >= 0.6 is 22.9 Å². The van der Waals surface area contributed by atoms with Crippen molar-refractivity contribution in [2.75, 3.05) is 18.4 Å². The van der Waals surface area contributed by atoms with Crippen LogP contribution in [-0.4, -0.2) is 48.9 Å². The predicted octanol–water partition coefficient (Wildman–Crippen LogP) is 4.31. The first-order valence-corrected chi connectivity index (χ1v) is 12.4. The standard InChI is InChI=1S/C21H22ClN3O4S2/c1-12-4-9-17(22)19-18(12)23-21(30-19)24-20(26)15-5-7-16(8-6-15)31(27,28)25-10-13(2)29-14(3)11-25/h4-9,13-14H,10-11H2,1-3H3,(H,23,24,26)/t13-,14+. The lowest BCUT2D eigenvalue weighted by molar-refractivity contribution is -0.0440. The molecule has 1 saturated heterocycles. The maximum absolute atomic E-state index is 13.0. The van der Waals surface area contributed by atoms with Crippen LogP contribution in [0.4, 0.5) is 5.13 Å². The van der Waals surface area contributed by atoms with Crippen molar-refractivity contribution in [2.45, 2.75) is 37.9 Å². The maximum atomic E-state index is 13.0. The number of hydrogen-bond donors (Lipinski definition) is 1. The number of halogens is 1. The number of hydrogen-bond acceptors (Lipinski definition) is 6. The molecule has 0 unspecified atom stereocenters. The third-order valence-corrected chi connectivity index (χ3v) is 8.34. The first kappa shape index (κ1) is 22.2. The number of aromatic nitrogens is 1. The van der Waals surface area contributed by atoms with E-state index < -0.39 is 10.0 Å². The summed E-state index contributed by atoms with van der Waals surface area (Å²) in [6.45, 7) is 6.23. The van der Waals surface area contributed by atoms with Crippen LogP contribution in [0.2, 0.25) is 5.02 Å². The van der Waals surface area contributed by atoms with Gasteiger partial charge in [-0.05, 0) is 56.7 Å². The number of anilines is 1. The van der Waals surface area contributed by atoms with Crippen molar-refractivity contribution < 1.29 is 17.9 Å². The van der Waals surface area contributed by atoms with Gasteiger partial charge >= 0.3 is 0 Å². The van der Waals surface area contributed by atoms with E-state index >= 15 is 0 Å². The molecule has 10 heteroatoms. The average molecular weight is 480 g/mol. The predicted molar refractivity (Wildman–Crippen MR) is 123 cm³/mol. The fourth-order valence-corrected chi connectivity index (χ4v) is 6.38. The Labute approximate surface area is 190 Å². The molecule has 0 radical (unpaired) electrons. The van der Waals surface area contributed by atoms with E-state index in [4.69, 9.17) is 16.3 Å². The topological polar surface area (TPSA) is 88.6 Å². The second-order valence-corrected chi connectivity index (χ2v) is 11.0. The Hall–Kier alpha value is -2.04. The summed E-state index contributed by atoms with van der Waals surface area (Å²) in [7, 11) is -3.66. The zero-order valence-electron chi connectivity index (χ0n) is 17.3. The molecule has 0 bridgehead atoms. The average Bonchev–Trinajstić information content (AvgIpc) is 3.15. The van der Waals surface area contributed by atoms with Gasteiger partial charge in [-0.2, -0.15) is 4.31 Å².